The van der Waals surface area contributed by atoms with Crippen LogP contribution in [0.4, 0.5) is 21.9 Å². The fraction of sp³-hybridized carbons (Fsp3) is 0.174. The number of benzene rings is 1. The van der Waals surface area contributed by atoms with Crippen molar-refractivity contribution < 1.29 is 19.3 Å². The summed E-state index contributed by atoms with van der Waals surface area (Å²) in [6.45, 7) is 1.79. The zero-order valence-corrected chi connectivity index (χ0v) is 21.0. The van der Waals surface area contributed by atoms with Gasteiger partial charge < -0.3 is 25.5 Å². The molecule has 3 aromatic heterocycles. The summed E-state index contributed by atoms with van der Waals surface area (Å²) in [7, 11) is 1.65. The van der Waals surface area contributed by atoms with Crippen LogP contribution in [0.1, 0.15) is 33.0 Å². The number of H-pyrrole nitrogens is 1. The third-order valence-electron chi connectivity index (χ3n) is 5.60. The number of non-ortho nitro benzene ring substituents is 1. The maximum absolute atomic E-state index is 12.9. The van der Waals surface area contributed by atoms with E-state index < -0.39 is 22.8 Å². The molecule has 4 rings (SSSR count). The molecule has 0 bridgehead atoms. The van der Waals surface area contributed by atoms with Crippen LogP contribution < -0.4 is 16.0 Å². The van der Waals surface area contributed by atoms with Crippen molar-refractivity contribution in [3.8, 4) is 6.07 Å². The average molecular weight is 540 g/mol. The molecule has 15 heteroatoms. The smallest absolute Gasteiger partial charge is 0.346 e. The van der Waals surface area contributed by atoms with Crippen LogP contribution in [-0.4, -0.2) is 48.6 Å². The second-order valence-electron chi connectivity index (χ2n) is 7.98. The molecule has 0 aliphatic carbocycles. The summed E-state index contributed by atoms with van der Waals surface area (Å²) in [5.41, 5.74) is 1.46. The number of rotatable bonds is 7. The molecule has 38 heavy (non-hydrogen) atoms. The molecular weight excluding hydrogens is 518 g/mol. The summed E-state index contributed by atoms with van der Waals surface area (Å²) in [5, 5.41) is 32.1. The molecule has 4 aromatic rings. The molecule has 0 fully saturated rings. The highest BCUT2D eigenvalue weighted by molar-refractivity contribution is 6.09. The summed E-state index contributed by atoms with van der Waals surface area (Å²) >= 11 is 0. The average Bonchev–Trinajstić information content (AvgIpc) is 3.56. The van der Waals surface area contributed by atoms with Crippen LogP contribution >= 0.6 is 12.4 Å². The van der Waals surface area contributed by atoms with E-state index in [2.05, 4.69) is 26.0 Å². The van der Waals surface area contributed by atoms with Crippen molar-refractivity contribution in [3.05, 3.63) is 69.9 Å². The van der Waals surface area contributed by atoms with Crippen LogP contribution in [0.25, 0.3) is 10.9 Å². The van der Waals surface area contributed by atoms with Crippen LogP contribution in [-0.2, 0) is 7.05 Å². The minimum absolute atomic E-state index is 0. The molecule has 0 spiro atoms. The van der Waals surface area contributed by atoms with Crippen LogP contribution in [0.2, 0.25) is 0 Å². The van der Waals surface area contributed by atoms with Gasteiger partial charge in [-0.15, -0.1) is 12.4 Å². The first kappa shape index (κ1) is 27.4. The summed E-state index contributed by atoms with van der Waals surface area (Å²) in [6, 6.07) is 7.18. The Morgan fingerprint density at radius 3 is 2.66 bits per heavy atom. The molecule has 3 heterocycles. The number of anilines is 2. The lowest BCUT2D eigenvalue weighted by molar-refractivity contribution is -0.383. The second kappa shape index (κ2) is 11.3. The molecule has 0 aliphatic heterocycles. The number of aromatic nitrogens is 4. The Hall–Kier alpha value is -5.16. The fourth-order valence-electron chi connectivity index (χ4n) is 3.74. The Balaban J connectivity index is 0.00000400. The molecule has 0 unspecified atom stereocenters. The largest absolute Gasteiger partial charge is 0.355 e. The van der Waals surface area contributed by atoms with Gasteiger partial charge in [-0.1, -0.05) is 6.07 Å². The number of nitrogens with one attached hydrogen (secondary N) is 4. The van der Waals surface area contributed by atoms with Gasteiger partial charge in [-0.2, -0.15) is 15.0 Å². The lowest BCUT2D eigenvalue weighted by Crippen LogP contribution is -2.27. The first-order chi connectivity index (χ1) is 17.7. The van der Waals surface area contributed by atoms with Gasteiger partial charge in [0.05, 0.1) is 45.9 Å². The molecule has 4 N–H and O–H groups in total. The van der Waals surface area contributed by atoms with Crippen LogP contribution in [0.3, 0.4) is 0 Å². The van der Waals surface area contributed by atoms with Gasteiger partial charge in [-0.25, -0.2) is 4.79 Å². The van der Waals surface area contributed by atoms with Crippen molar-refractivity contribution in [1.82, 2.24) is 24.6 Å². The van der Waals surface area contributed by atoms with Gasteiger partial charge in [0.2, 0.25) is 0 Å². The normalized spacial score (nSPS) is 10.3. The Morgan fingerprint density at radius 1 is 1.18 bits per heavy atom. The summed E-state index contributed by atoms with van der Waals surface area (Å²) < 4.78 is 2.49. The summed E-state index contributed by atoms with van der Waals surface area (Å²) in [4.78, 5) is 51.7. The number of halogens is 1. The number of amides is 3. The minimum atomic E-state index is -0.682. The quantitative estimate of drug-likeness (QED) is 0.157. The Morgan fingerprint density at radius 2 is 1.95 bits per heavy atom. The first-order valence-electron chi connectivity index (χ1n) is 10.9. The van der Waals surface area contributed by atoms with Crippen LogP contribution in [0, 0.1) is 28.4 Å². The summed E-state index contributed by atoms with van der Waals surface area (Å²) in [5.74, 6) is -0.989. The zero-order chi connectivity index (χ0) is 26.7. The lowest BCUT2D eigenvalue weighted by atomic mass is 10.2. The highest BCUT2D eigenvalue weighted by Crippen LogP contribution is 2.25. The molecule has 14 nitrogen and oxygen atoms in total. The third-order valence-corrected chi connectivity index (χ3v) is 5.60. The van der Waals surface area contributed by atoms with E-state index >= 15 is 0 Å². The predicted octanol–water partition coefficient (Wildman–Crippen LogP) is 3.32. The van der Waals surface area contributed by atoms with Gasteiger partial charge in [0, 0.05) is 37.6 Å². The van der Waals surface area contributed by atoms with E-state index in [-0.39, 0.29) is 59.0 Å². The monoisotopic (exact) mass is 539 g/mol. The van der Waals surface area contributed by atoms with Crippen molar-refractivity contribution >= 4 is 58.2 Å². The van der Waals surface area contributed by atoms with Gasteiger partial charge >= 0.3 is 6.03 Å². The maximum Gasteiger partial charge on any atom is 0.346 e. The predicted molar refractivity (Wildman–Crippen MR) is 140 cm³/mol. The Kier molecular flexibility index (Phi) is 8.13. The number of nitro benzene ring substituents is 1. The lowest BCUT2D eigenvalue weighted by Gasteiger charge is -2.09. The molecule has 0 aliphatic rings. The van der Waals surface area contributed by atoms with Gasteiger partial charge in [0.1, 0.15) is 11.4 Å². The van der Waals surface area contributed by atoms with Crippen LogP contribution in [0.15, 0.2) is 42.9 Å². The molecule has 0 saturated heterocycles. The van der Waals surface area contributed by atoms with E-state index in [9.17, 15) is 24.5 Å². The first-order valence-corrected chi connectivity index (χ1v) is 10.9. The van der Waals surface area contributed by atoms with Gasteiger partial charge in [-0.3, -0.25) is 19.7 Å². The van der Waals surface area contributed by atoms with Crippen molar-refractivity contribution in [2.24, 2.45) is 7.05 Å². The van der Waals surface area contributed by atoms with Crippen molar-refractivity contribution in [2.75, 3.05) is 17.2 Å². The second-order valence-corrected chi connectivity index (χ2v) is 7.98. The highest BCUT2D eigenvalue weighted by atomic mass is 35.5. The van der Waals surface area contributed by atoms with Crippen molar-refractivity contribution in [1.29, 1.82) is 5.26 Å². The molecule has 1 aromatic carbocycles. The van der Waals surface area contributed by atoms with Crippen LogP contribution in [0.5, 0.6) is 0 Å². The fourth-order valence-corrected chi connectivity index (χ4v) is 3.74. The third kappa shape index (κ3) is 5.32. The molecule has 196 valence electrons. The molecule has 0 atom stereocenters. The number of fused-ring (bicyclic) bond motifs is 1. The molecule has 0 saturated carbocycles. The number of carbonyl (C=O) groups excluding carboxylic acids is 3. The Bertz CT molecular complexity index is 1590. The van der Waals surface area contributed by atoms with Crippen molar-refractivity contribution in [3.63, 3.8) is 0 Å². The molecular formula is C23H22ClN9O5. The number of hydrogen-bond acceptors (Lipinski definition) is 7. The van der Waals surface area contributed by atoms with E-state index in [4.69, 9.17) is 5.26 Å². The van der Waals surface area contributed by atoms with E-state index in [1.165, 1.54) is 24.5 Å². The molecule has 0 radical (unpaired) electrons. The van der Waals surface area contributed by atoms with Crippen molar-refractivity contribution in [2.45, 2.75) is 13.3 Å². The number of carbonyl (C=O) groups is 3. The number of nitro groups is 1. The maximum atomic E-state index is 12.9. The van der Waals surface area contributed by atoms with Gasteiger partial charge in [0.15, 0.2) is 0 Å². The number of hydrogen-bond donors (Lipinski definition) is 4. The molecule has 3 amide bonds. The topological polar surface area (TPSA) is 193 Å². The highest BCUT2D eigenvalue weighted by Gasteiger charge is 2.22. The van der Waals surface area contributed by atoms with E-state index in [1.807, 2.05) is 6.07 Å². The van der Waals surface area contributed by atoms with E-state index in [0.717, 1.165) is 4.68 Å². The standard InChI is InChI=1S/C23H21N9O5.ClH/c1-13-17(28-23(35)31-12-14-15(29-31)5-3-6-18(14)32(36)37)11-26-19(13)21(33)27-16-7-10-30(2)20(16)22(34)25-9-4-8-24;/h3,5-7,10-12,26H,4,9H2,1-2H3,(H,25,34)(H,27,33)(H,28,35);1H. The van der Waals surface area contributed by atoms with E-state index in [1.54, 1.807) is 36.9 Å². The zero-order valence-electron chi connectivity index (χ0n) is 20.1. The minimum Gasteiger partial charge on any atom is -0.355 e. The van der Waals surface area contributed by atoms with E-state index in [0.29, 0.717) is 11.3 Å². The number of nitriles is 1. The van der Waals surface area contributed by atoms with Gasteiger partial charge in [-0.05, 0) is 19.1 Å². The Labute approximate surface area is 221 Å². The van der Waals surface area contributed by atoms with Gasteiger partial charge in [0.25, 0.3) is 17.5 Å². The number of aryl methyl sites for hydroxylation is 1. The number of nitrogens with zero attached hydrogens (tertiary/aromatic N) is 5. The summed E-state index contributed by atoms with van der Waals surface area (Å²) in [6.07, 6.45) is 4.45. The number of aromatic amines is 1. The SMILES string of the molecule is Cc1c(NC(=O)n2cc3c([N+](=O)[O-])cccc3n2)c[nH]c1C(=O)Nc1ccn(C)c1C(=O)NCCC#N.Cl.